The summed E-state index contributed by atoms with van der Waals surface area (Å²) in [5.74, 6) is -1.69. The molecule has 3 aromatic rings. The summed E-state index contributed by atoms with van der Waals surface area (Å²) in [4.78, 5) is 54.5. The molecular formula is C19H16N4O5S. The predicted molar refractivity (Wildman–Crippen MR) is 103 cm³/mol. The van der Waals surface area contributed by atoms with Gasteiger partial charge in [0.25, 0.3) is 17.4 Å². The van der Waals surface area contributed by atoms with Crippen molar-refractivity contribution in [2.45, 2.75) is 26.4 Å². The standard InChI is InChI=1S/C19H16N4O5S/c1-10(2)16-21-23-14(24)7-11(20-19(23)29-16)9-28-15(25)8-22-17(26)12-5-3-4-6-13(12)18(22)27/h3-7,10H,8-9H2,1-2H3. The van der Waals surface area contributed by atoms with E-state index in [4.69, 9.17) is 4.74 Å². The molecule has 0 bridgehead atoms. The van der Waals surface area contributed by atoms with Crippen LogP contribution in [0.1, 0.15) is 51.2 Å². The number of esters is 1. The Morgan fingerprint density at radius 3 is 2.41 bits per heavy atom. The van der Waals surface area contributed by atoms with Crippen LogP contribution < -0.4 is 5.56 Å². The van der Waals surface area contributed by atoms with Gasteiger partial charge in [-0.05, 0) is 12.1 Å². The maximum atomic E-state index is 12.3. The summed E-state index contributed by atoms with van der Waals surface area (Å²) in [5.41, 5.74) is 0.419. The van der Waals surface area contributed by atoms with Gasteiger partial charge in [0.05, 0.1) is 16.8 Å². The third-order valence-corrected chi connectivity index (χ3v) is 5.56. The van der Waals surface area contributed by atoms with Crippen LogP contribution in [0.4, 0.5) is 0 Å². The van der Waals surface area contributed by atoms with Crippen LogP contribution in [-0.4, -0.2) is 43.8 Å². The minimum atomic E-state index is -0.770. The molecule has 2 amide bonds. The summed E-state index contributed by atoms with van der Waals surface area (Å²) >= 11 is 1.29. The summed E-state index contributed by atoms with van der Waals surface area (Å²) in [6, 6.07) is 7.61. The molecule has 1 aromatic carbocycles. The minimum absolute atomic E-state index is 0.155. The molecule has 0 saturated heterocycles. The maximum Gasteiger partial charge on any atom is 0.326 e. The molecule has 0 aliphatic carbocycles. The van der Waals surface area contributed by atoms with Crippen LogP contribution in [0.15, 0.2) is 35.1 Å². The number of ether oxygens (including phenoxy) is 1. The molecule has 9 nitrogen and oxygen atoms in total. The predicted octanol–water partition coefficient (Wildman–Crippen LogP) is 1.61. The smallest absolute Gasteiger partial charge is 0.326 e. The van der Waals surface area contributed by atoms with Gasteiger partial charge in [0, 0.05) is 12.0 Å². The van der Waals surface area contributed by atoms with Crippen LogP contribution in [0.3, 0.4) is 0 Å². The third kappa shape index (κ3) is 3.42. The number of fused-ring (bicyclic) bond motifs is 2. The average molecular weight is 412 g/mol. The van der Waals surface area contributed by atoms with Crippen LogP contribution in [-0.2, 0) is 16.1 Å². The topological polar surface area (TPSA) is 111 Å². The fourth-order valence-corrected chi connectivity index (χ4v) is 3.82. The molecule has 1 aliphatic heterocycles. The first-order valence-corrected chi connectivity index (χ1v) is 9.67. The van der Waals surface area contributed by atoms with E-state index in [1.807, 2.05) is 13.8 Å². The lowest BCUT2D eigenvalue weighted by Gasteiger charge is -2.12. The molecule has 10 heteroatoms. The monoisotopic (exact) mass is 412 g/mol. The van der Waals surface area contributed by atoms with Crippen LogP contribution in [0, 0.1) is 0 Å². The Hall–Kier alpha value is -3.40. The largest absolute Gasteiger partial charge is 0.458 e. The number of carbonyl (C=O) groups excluding carboxylic acids is 3. The molecule has 1 aliphatic rings. The SMILES string of the molecule is CC(C)c1nn2c(=O)cc(COC(=O)CN3C(=O)c4ccccc4C3=O)nc2s1. The second-order valence-corrected chi connectivity index (χ2v) is 7.77. The van der Waals surface area contributed by atoms with E-state index in [9.17, 15) is 19.2 Å². The Balaban J connectivity index is 1.45. The summed E-state index contributed by atoms with van der Waals surface area (Å²) in [5, 5.41) is 5.00. The lowest BCUT2D eigenvalue weighted by atomic mass is 10.1. The molecule has 0 saturated carbocycles. The van der Waals surface area contributed by atoms with E-state index in [1.165, 1.54) is 34.1 Å². The Bertz CT molecular complexity index is 1180. The number of hydrogen-bond acceptors (Lipinski definition) is 8. The normalized spacial score (nSPS) is 13.4. The van der Waals surface area contributed by atoms with Crippen LogP contribution in [0.2, 0.25) is 0 Å². The molecule has 0 radical (unpaired) electrons. The Morgan fingerprint density at radius 1 is 1.14 bits per heavy atom. The van der Waals surface area contributed by atoms with E-state index in [2.05, 4.69) is 10.1 Å². The second-order valence-electron chi connectivity index (χ2n) is 6.78. The van der Waals surface area contributed by atoms with Gasteiger partial charge in [0.2, 0.25) is 4.96 Å². The van der Waals surface area contributed by atoms with Crippen molar-refractivity contribution in [1.82, 2.24) is 19.5 Å². The molecular weight excluding hydrogens is 396 g/mol. The number of nitrogens with zero attached hydrogens (tertiary/aromatic N) is 4. The minimum Gasteiger partial charge on any atom is -0.458 e. The zero-order valence-corrected chi connectivity index (χ0v) is 16.4. The van der Waals surface area contributed by atoms with E-state index in [0.717, 1.165) is 9.91 Å². The van der Waals surface area contributed by atoms with E-state index in [1.54, 1.807) is 12.1 Å². The van der Waals surface area contributed by atoms with Gasteiger partial charge in [-0.2, -0.15) is 9.61 Å². The number of rotatable bonds is 5. The van der Waals surface area contributed by atoms with Gasteiger partial charge in [-0.3, -0.25) is 24.1 Å². The van der Waals surface area contributed by atoms with E-state index in [-0.39, 0.29) is 34.9 Å². The molecule has 3 heterocycles. The molecule has 0 spiro atoms. The highest BCUT2D eigenvalue weighted by Gasteiger charge is 2.36. The molecule has 148 valence electrons. The quantitative estimate of drug-likeness (QED) is 0.462. The first-order valence-electron chi connectivity index (χ1n) is 8.85. The molecule has 0 N–H and O–H groups in total. The highest BCUT2D eigenvalue weighted by atomic mass is 32.1. The van der Waals surface area contributed by atoms with Crippen molar-refractivity contribution in [3.8, 4) is 0 Å². The lowest BCUT2D eigenvalue weighted by molar-refractivity contribution is -0.145. The number of aromatic nitrogens is 3. The lowest BCUT2D eigenvalue weighted by Crippen LogP contribution is -2.35. The third-order valence-electron chi connectivity index (χ3n) is 4.35. The highest BCUT2D eigenvalue weighted by Crippen LogP contribution is 2.22. The fraction of sp³-hybridized carbons (Fsp3) is 0.263. The van der Waals surface area contributed by atoms with Gasteiger partial charge in [0.15, 0.2) is 0 Å². The number of hydrogen-bond donors (Lipinski definition) is 0. The van der Waals surface area contributed by atoms with Crippen molar-refractivity contribution in [2.75, 3.05) is 6.54 Å². The zero-order valence-electron chi connectivity index (χ0n) is 15.6. The summed E-state index contributed by atoms with van der Waals surface area (Å²) in [6.45, 7) is 3.17. The average Bonchev–Trinajstić information content (AvgIpc) is 3.23. The molecule has 0 unspecified atom stereocenters. The summed E-state index contributed by atoms with van der Waals surface area (Å²) in [6.07, 6.45) is 0. The number of benzene rings is 1. The van der Waals surface area contributed by atoms with Crippen molar-refractivity contribution in [1.29, 1.82) is 0 Å². The number of carbonyl (C=O) groups is 3. The fourth-order valence-electron chi connectivity index (χ4n) is 2.89. The van der Waals surface area contributed by atoms with Crippen molar-refractivity contribution >= 4 is 34.1 Å². The first kappa shape index (κ1) is 18.9. The summed E-state index contributed by atoms with van der Waals surface area (Å²) < 4.78 is 6.34. The second kappa shape index (κ2) is 7.21. The zero-order chi connectivity index (χ0) is 20.7. The summed E-state index contributed by atoms with van der Waals surface area (Å²) in [7, 11) is 0. The maximum absolute atomic E-state index is 12.3. The van der Waals surface area contributed by atoms with Gasteiger partial charge in [-0.25, -0.2) is 4.98 Å². The van der Waals surface area contributed by atoms with Gasteiger partial charge in [-0.15, -0.1) is 0 Å². The molecule has 4 rings (SSSR count). The van der Waals surface area contributed by atoms with E-state index in [0.29, 0.717) is 4.96 Å². The molecule has 0 fully saturated rings. The molecule has 29 heavy (non-hydrogen) atoms. The number of amides is 2. The van der Waals surface area contributed by atoms with Gasteiger partial charge in [0.1, 0.15) is 18.2 Å². The van der Waals surface area contributed by atoms with Gasteiger partial charge in [-0.1, -0.05) is 37.3 Å². The van der Waals surface area contributed by atoms with Crippen LogP contribution >= 0.6 is 11.3 Å². The van der Waals surface area contributed by atoms with Gasteiger partial charge >= 0.3 is 5.97 Å². The van der Waals surface area contributed by atoms with Crippen LogP contribution in [0.25, 0.3) is 4.96 Å². The van der Waals surface area contributed by atoms with Crippen molar-refractivity contribution in [3.05, 3.63) is 62.5 Å². The molecule has 0 atom stereocenters. The van der Waals surface area contributed by atoms with Crippen molar-refractivity contribution < 1.29 is 19.1 Å². The van der Waals surface area contributed by atoms with Crippen molar-refractivity contribution in [3.63, 3.8) is 0 Å². The Labute approximate surface area is 168 Å². The molecule has 2 aromatic heterocycles. The first-order chi connectivity index (χ1) is 13.8. The van der Waals surface area contributed by atoms with Crippen LogP contribution in [0.5, 0.6) is 0 Å². The number of imide groups is 1. The van der Waals surface area contributed by atoms with E-state index < -0.39 is 24.3 Å². The van der Waals surface area contributed by atoms with Crippen molar-refractivity contribution in [2.24, 2.45) is 0 Å². The van der Waals surface area contributed by atoms with Gasteiger partial charge < -0.3 is 4.74 Å². The van der Waals surface area contributed by atoms with E-state index >= 15 is 0 Å². The Morgan fingerprint density at radius 2 is 1.79 bits per heavy atom. The highest BCUT2D eigenvalue weighted by molar-refractivity contribution is 7.16. The Kier molecular flexibility index (Phi) is 4.71.